The van der Waals surface area contributed by atoms with E-state index in [1.54, 1.807) is 13.4 Å². The molecule has 0 aliphatic carbocycles. The van der Waals surface area contributed by atoms with E-state index in [2.05, 4.69) is 50.0 Å². The summed E-state index contributed by atoms with van der Waals surface area (Å²) in [5, 5.41) is 1.21. The number of ether oxygens (including phenoxy) is 1. The summed E-state index contributed by atoms with van der Waals surface area (Å²) in [6, 6.07) is 10.4. The van der Waals surface area contributed by atoms with Crippen LogP contribution in [0.1, 0.15) is 34.3 Å². The summed E-state index contributed by atoms with van der Waals surface area (Å²) in [6.45, 7) is 3.97. The quantitative estimate of drug-likeness (QED) is 0.572. The van der Waals surface area contributed by atoms with Crippen LogP contribution in [0.5, 0.6) is 5.75 Å². The van der Waals surface area contributed by atoms with Gasteiger partial charge in [0.2, 0.25) is 0 Å². The highest BCUT2D eigenvalue weighted by Gasteiger charge is 2.31. The first-order chi connectivity index (χ1) is 13.7. The SMILES string of the molecule is COc1ccc2[nH]c(CN3CCc4[nH]cnc4C3c3cccnc3)c(C)c2c1. The fourth-order valence-corrected chi connectivity index (χ4v) is 4.25. The number of fused-ring (bicyclic) bond motifs is 2. The molecule has 1 aliphatic heterocycles. The summed E-state index contributed by atoms with van der Waals surface area (Å²) in [5.41, 5.74) is 7.15. The van der Waals surface area contributed by atoms with Crippen LogP contribution in [0.15, 0.2) is 49.1 Å². The minimum absolute atomic E-state index is 0.101. The van der Waals surface area contributed by atoms with Crippen LogP contribution in [-0.4, -0.2) is 38.5 Å². The molecule has 28 heavy (non-hydrogen) atoms. The highest BCUT2D eigenvalue weighted by molar-refractivity contribution is 5.85. The number of benzene rings is 1. The number of nitrogens with zero attached hydrogens (tertiary/aromatic N) is 3. The Morgan fingerprint density at radius 2 is 2.21 bits per heavy atom. The fraction of sp³-hybridized carbons (Fsp3) is 0.273. The number of H-pyrrole nitrogens is 2. The number of nitrogens with one attached hydrogen (secondary N) is 2. The Hall–Kier alpha value is -3.12. The number of hydrogen-bond donors (Lipinski definition) is 2. The summed E-state index contributed by atoms with van der Waals surface area (Å²) in [6.07, 6.45) is 6.54. The Bertz CT molecular complexity index is 1110. The van der Waals surface area contributed by atoms with Crippen LogP contribution in [0.4, 0.5) is 0 Å². The predicted molar refractivity (Wildman–Crippen MR) is 108 cm³/mol. The number of aromatic amines is 2. The highest BCUT2D eigenvalue weighted by atomic mass is 16.5. The molecule has 0 saturated carbocycles. The highest BCUT2D eigenvalue weighted by Crippen LogP contribution is 2.35. The molecule has 0 saturated heterocycles. The Kier molecular flexibility index (Phi) is 4.13. The van der Waals surface area contributed by atoms with Crippen molar-refractivity contribution in [3.8, 4) is 5.75 Å². The summed E-state index contributed by atoms with van der Waals surface area (Å²) in [5.74, 6) is 0.883. The van der Waals surface area contributed by atoms with E-state index in [1.807, 2.05) is 24.5 Å². The Morgan fingerprint density at radius 3 is 3.04 bits per heavy atom. The molecule has 0 fully saturated rings. The normalized spacial score (nSPS) is 17.0. The summed E-state index contributed by atoms with van der Waals surface area (Å²) in [7, 11) is 1.71. The molecule has 0 spiro atoms. The van der Waals surface area contributed by atoms with Crippen LogP contribution in [-0.2, 0) is 13.0 Å². The summed E-state index contributed by atoms with van der Waals surface area (Å²) < 4.78 is 5.40. The molecule has 3 aromatic heterocycles. The molecule has 1 atom stereocenters. The van der Waals surface area contributed by atoms with E-state index in [-0.39, 0.29) is 6.04 Å². The molecular weight excluding hydrogens is 350 g/mol. The molecule has 4 aromatic rings. The zero-order valence-electron chi connectivity index (χ0n) is 16.1. The number of methoxy groups -OCH3 is 1. The van der Waals surface area contributed by atoms with Gasteiger partial charge in [0.15, 0.2) is 0 Å². The van der Waals surface area contributed by atoms with Gasteiger partial charge in [0.1, 0.15) is 5.75 Å². The number of imidazole rings is 1. The predicted octanol–water partition coefficient (Wildman–Crippen LogP) is 3.75. The van der Waals surface area contributed by atoms with Gasteiger partial charge in [-0.05, 0) is 42.3 Å². The van der Waals surface area contributed by atoms with Crippen molar-refractivity contribution >= 4 is 10.9 Å². The van der Waals surface area contributed by atoms with Gasteiger partial charge in [-0.15, -0.1) is 0 Å². The maximum absolute atomic E-state index is 5.40. The molecule has 0 amide bonds. The van der Waals surface area contributed by atoms with Crippen molar-refractivity contribution in [3.05, 3.63) is 77.3 Å². The van der Waals surface area contributed by atoms with Crippen molar-refractivity contribution in [1.29, 1.82) is 0 Å². The molecule has 4 heterocycles. The second-order valence-corrected chi connectivity index (χ2v) is 7.32. The van der Waals surface area contributed by atoms with E-state index in [4.69, 9.17) is 4.74 Å². The summed E-state index contributed by atoms with van der Waals surface area (Å²) in [4.78, 5) is 18.4. The maximum atomic E-state index is 5.40. The van der Waals surface area contributed by atoms with E-state index in [0.29, 0.717) is 0 Å². The molecule has 6 nitrogen and oxygen atoms in total. The lowest BCUT2D eigenvalue weighted by atomic mass is 9.96. The molecule has 142 valence electrons. The van der Waals surface area contributed by atoms with Crippen molar-refractivity contribution in [2.24, 2.45) is 0 Å². The van der Waals surface area contributed by atoms with Gasteiger partial charge in [-0.1, -0.05) is 6.07 Å². The third kappa shape index (κ3) is 2.77. The van der Waals surface area contributed by atoms with Crippen LogP contribution in [0.3, 0.4) is 0 Å². The van der Waals surface area contributed by atoms with Gasteiger partial charge in [0.05, 0.1) is 25.2 Å². The maximum Gasteiger partial charge on any atom is 0.119 e. The third-order valence-electron chi connectivity index (χ3n) is 5.76. The lowest BCUT2D eigenvalue weighted by molar-refractivity contribution is 0.198. The zero-order valence-corrected chi connectivity index (χ0v) is 16.1. The number of aryl methyl sites for hydroxylation is 1. The standard InChI is InChI=1S/C22H23N5O/c1-14-17-10-16(28-2)5-6-18(17)26-20(14)12-27-9-7-19-21(25-13-24-19)22(27)15-4-3-8-23-11-15/h3-6,8,10-11,13,22,26H,7,9,12H2,1-2H3,(H,24,25). The minimum Gasteiger partial charge on any atom is -0.497 e. The molecular formula is C22H23N5O. The van der Waals surface area contributed by atoms with Crippen molar-refractivity contribution in [3.63, 3.8) is 0 Å². The lowest BCUT2D eigenvalue weighted by Gasteiger charge is -2.35. The first-order valence-corrected chi connectivity index (χ1v) is 9.56. The van der Waals surface area contributed by atoms with E-state index in [1.165, 1.54) is 27.9 Å². The molecule has 0 radical (unpaired) electrons. The molecule has 0 bridgehead atoms. The second kappa shape index (κ2) is 6.80. The third-order valence-corrected chi connectivity index (χ3v) is 5.76. The average Bonchev–Trinajstić information content (AvgIpc) is 3.33. The Labute approximate surface area is 163 Å². The van der Waals surface area contributed by atoms with Crippen molar-refractivity contribution in [1.82, 2.24) is 24.8 Å². The molecule has 5 rings (SSSR count). The van der Waals surface area contributed by atoms with Gasteiger partial charge < -0.3 is 14.7 Å². The molecule has 1 aliphatic rings. The average molecular weight is 373 g/mol. The molecule has 1 aromatic carbocycles. The largest absolute Gasteiger partial charge is 0.497 e. The molecule has 1 unspecified atom stereocenters. The van der Waals surface area contributed by atoms with Crippen LogP contribution in [0, 0.1) is 6.92 Å². The first-order valence-electron chi connectivity index (χ1n) is 9.56. The van der Waals surface area contributed by atoms with Gasteiger partial charge in [-0.3, -0.25) is 9.88 Å². The van der Waals surface area contributed by atoms with Gasteiger partial charge >= 0.3 is 0 Å². The monoisotopic (exact) mass is 373 g/mol. The van der Waals surface area contributed by atoms with Crippen molar-refractivity contribution in [2.45, 2.75) is 25.9 Å². The topological polar surface area (TPSA) is 69.8 Å². The number of rotatable bonds is 4. The second-order valence-electron chi connectivity index (χ2n) is 7.32. The van der Waals surface area contributed by atoms with Gasteiger partial charge in [-0.25, -0.2) is 4.98 Å². The van der Waals surface area contributed by atoms with Crippen molar-refractivity contribution in [2.75, 3.05) is 13.7 Å². The van der Waals surface area contributed by atoms with E-state index in [0.717, 1.165) is 36.5 Å². The van der Waals surface area contributed by atoms with E-state index < -0.39 is 0 Å². The van der Waals surface area contributed by atoms with E-state index >= 15 is 0 Å². The van der Waals surface area contributed by atoms with Crippen LogP contribution < -0.4 is 4.74 Å². The zero-order chi connectivity index (χ0) is 19.1. The van der Waals surface area contributed by atoms with Gasteiger partial charge in [0.25, 0.3) is 0 Å². The molecule has 2 N–H and O–H groups in total. The van der Waals surface area contributed by atoms with E-state index in [9.17, 15) is 0 Å². The number of aromatic nitrogens is 4. The van der Waals surface area contributed by atoms with Crippen LogP contribution in [0.25, 0.3) is 10.9 Å². The Balaban J connectivity index is 1.54. The van der Waals surface area contributed by atoms with Gasteiger partial charge in [0, 0.05) is 54.2 Å². The number of pyridine rings is 1. The van der Waals surface area contributed by atoms with Crippen LogP contribution in [0.2, 0.25) is 0 Å². The van der Waals surface area contributed by atoms with Gasteiger partial charge in [-0.2, -0.15) is 0 Å². The fourth-order valence-electron chi connectivity index (χ4n) is 4.25. The molecule has 6 heteroatoms. The first kappa shape index (κ1) is 17.0. The summed E-state index contributed by atoms with van der Waals surface area (Å²) >= 11 is 0. The smallest absolute Gasteiger partial charge is 0.119 e. The Morgan fingerprint density at radius 1 is 1.29 bits per heavy atom. The number of hydrogen-bond acceptors (Lipinski definition) is 4. The lowest BCUT2D eigenvalue weighted by Crippen LogP contribution is -2.36. The minimum atomic E-state index is 0.101. The van der Waals surface area contributed by atoms with Crippen molar-refractivity contribution < 1.29 is 4.74 Å². The van der Waals surface area contributed by atoms with Crippen LogP contribution >= 0.6 is 0 Å².